The van der Waals surface area contributed by atoms with Gasteiger partial charge in [0.1, 0.15) is 18.1 Å². The molecule has 40 heavy (non-hydrogen) atoms. The highest BCUT2D eigenvalue weighted by molar-refractivity contribution is 5.96. The molecule has 1 saturated heterocycles. The fourth-order valence-corrected chi connectivity index (χ4v) is 4.40. The minimum Gasteiger partial charge on any atom is -0.436 e. The monoisotopic (exact) mass is 558 g/mol. The lowest BCUT2D eigenvalue weighted by Crippen LogP contribution is -2.39. The Morgan fingerprint density at radius 2 is 2.02 bits per heavy atom. The van der Waals surface area contributed by atoms with E-state index in [0.717, 1.165) is 12.7 Å². The number of rotatable bonds is 9. The van der Waals surface area contributed by atoms with Crippen molar-refractivity contribution in [3.63, 3.8) is 0 Å². The van der Waals surface area contributed by atoms with Crippen LogP contribution in [0, 0.1) is 0 Å². The summed E-state index contributed by atoms with van der Waals surface area (Å²) >= 11 is 0. The minimum absolute atomic E-state index is 0.0556. The number of aromatic nitrogens is 4. The van der Waals surface area contributed by atoms with Crippen LogP contribution in [0.25, 0.3) is 16.9 Å². The molecule has 1 aliphatic rings. The predicted octanol–water partition coefficient (Wildman–Crippen LogP) is 3.78. The number of aryl methyl sites for hydroxylation is 1. The Morgan fingerprint density at radius 1 is 1.20 bits per heavy atom. The molecule has 0 saturated carbocycles. The number of amides is 2. The molecule has 3 aromatic heterocycles. The minimum atomic E-state index is -4.71. The molecule has 4 heterocycles. The van der Waals surface area contributed by atoms with E-state index in [2.05, 4.69) is 30.3 Å². The molecule has 4 aromatic rings. The molecule has 0 bridgehead atoms. The number of hydrogen-bond acceptors (Lipinski definition) is 8. The molecular formula is C26H25F3N6O5. The highest BCUT2D eigenvalue weighted by atomic mass is 19.4. The van der Waals surface area contributed by atoms with Crippen LogP contribution in [0.1, 0.15) is 41.4 Å². The molecule has 11 nitrogen and oxygen atoms in total. The molecule has 0 spiro atoms. The summed E-state index contributed by atoms with van der Waals surface area (Å²) in [7, 11) is 0. The van der Waals surface area contributed by atoms with Gasteiger partial charge in [0.05, 0.1) is 17.5 Å². The van der Waals surface area contributed by atoms with Crippen LogP contribution in [0.2, 0.25) is 0 Å². The summed E-state index contributed by atoms with van der Waals surface area (Å²) in [5.74, 6) is -0.0663. The second kappa shape index (κ2) is 11.3. The Hall–Kier alpha value is -4.46. The van der Waals surface area contributed by atoms with Gasteiger partial charge in [-0.25, -0.2) is 9.97 Å². The van der Waals surface area contributed by atoms with Gasteiger partial charge in [-0.15, -0.1) is 0 Å². The number of nitrogens with one attached hydrogen (secondary N) is 2. The Morgan fingerprint density at radius 3 is 2.77 bits per heavy atom. The van der Waals surface area contributed by atoms with Gasteiger partial charge in [-0.3, -0.25) is 14.0 Å². The number of carbonyl (C=O) groups excluding carboxylic acids is 2. The van der Waals surface area contributed by atoms with Crippen molar-refractivity contribution in [1.82, 2.24) is 30.2 Å². The first-order valence-corrected chi connectivity index (χ1v) is 12.6. The average Bonchev–Trinajstić information content (AvgIpc) is 3.71. The zero-order chi connectivity index (χ0) is 28.3. The summed E-state index contributed by atoms with van der Waals surface area (Å²) in [5.41, 5.74) is -0.0105. The van der Waals surface area contributed by atoms with E-state index in [1.807, 2.05) is 6.92 Å². The van der Waals surface area contributed by atoms with Crippen LogP contribution < -0.4 is 15.4 Å². The summed E-state index contributed by atoms with van der Waals surface area (Å²) in [4.78, 5) is 33.2. The number of benzene rings is 1. The maximum atomic E-state index is 13.3. The molecular weight excluding hydrogens is 533 g/mol. The van der Waals surface area contributed by atoms with Gasteiger partial charge in [-0.05, 0) is 43.0 Å². The van der Waals surface area contributed by atoms with Gasteiger partial charge < -0.3 is 24.6 Å². The summed E-state index contributed by atoms with van der Waals surface area (Å²) in [6, 6.07) is 4.88. The first kappa shape index (κ1) is 27.1. The Balaban J connectivity index is 1.28. The molecule has 0 radical (unpaired) electrons. The van der Waals surface area contributed by atoms with Crippen LogP contribution in [0.3, 0.4) is 0 Å². The zero-order valence-electron chi connectivity index (χ0n) is 21.3. The van der Waals surface area contributed by atoms with E-state index in [1.54, 1.807) is 18.2 Å². The molecule has 1 atom stereocenters. The predicted molar refractivity (Wildman–Crippen MR) is 134 cm³/mol. The van der Waals surface area contributed by atoms with Gasteiger partial charge in [0, 0.05) is 37.7 Å². The zero-order valence-corrected chi connectivity index (χ0v) is 21.3. The number of ether oxygens (including phenoxy) is 2. The molecule has 14 heteroatoms. The van der Waals surface area contributed by atoms with Crippen molar-refractivity contribution in [2.24, 2.45) is 0 Å². The number of alkyl halides is 3. The van der Waals surface area contributed by atoms with Gasteiger partial charge in [-0.1, -0.05) is 12.1 Å². The van der Waals surface area contributed by atoms with E-state index in [1.165, 1.54) is 23.0 Å². The van der Waals surface area contributed by atoms with E-state index < -0.39 is 18.0 Å². The third-order valence-electron chi connectivity index (χ3n) is 6.36. The molecule has 1 fully saturated rings. The van der Waals surface area contributed by atoms with E-state index >= 15 is 0 Å². The Kier molecular flexibility index (Phi) is 7.69. The van der Waals surface area contributed by atoms with Crippen molar-refractivity contribution in [3.05, 3.63) is 59.9 Å². The molecule has 1 aromatic carbocycles. The Labute approximate surface area is 225 Å². The first-order chi connectivity index (χ1) is 19.3. The number of hydrogen-bond donors (Lipinski definition) is 2. The third-order valence-corrected chi connectivity index (χ3v) is 6.36. The SMILES string of the molecule is CCc1cc(Oc2nccn3c(-c4conc4C(F)(F)F)cnc23)ccc1C(=O)NCCNC(=O)[C@@H]1CCCO1. The summed E-state index contributed by atoms with van der Waals surface area (Å²) in [6.45, 7) is 2.98. The molecule has 5 rings (SSSR count). The quantitative estimate of drug-likeness (QED) is 0.297. The van der Waals surface area contributed by atoms with Crippen LogP contribution in [0.4, 0.5) is 13.2 Å². The number of nitrogens with zero attached hydrogens (tertiary/aromatic N) is 4. The molecule has 2 N–H and O–H groups in total. The fourth-order valence-electron chi connectivity index (χ4n) is 4.40. The summed E-state index contributed by atoms with van der Waals surface area (Å²) < 4.78 is 57.2. The standard InChI is InChI=1S/C26H25F3N6O5/c1-2-15-12-16(5-6-17(15)23(36)30-7-8-31-24(37)20-4-3-11-38-20)40-25-22-33-13-19(35(22)10-9-32-25)18-14-39-34-21(18)26(27,28)29/h5-6,9-10,12-14,20H,2-4,7-8,11H2,1H3,(H,30,36)(H,31,37)/t20-/m0/s1. The lowest BCUT2D eigenvalue weighted by atomic mass is 10.0. The van der Waals surface area contributed by atoms with Gasteiger partial charge in [0.2, 0.25) is 11.6 Å². The van der Waals surface area contributed by atoms with E-state index in [4.69, 9.17) is 9.47 Å². The van der Waals surface area contributed by atoms with Gasteiger partial charge in [0.15, 0.2) is 5.69 Å². The number of carbonyl (C=O) groups is 2. The lowest BCUT2D eigenvalue weighted by molar-refractivity contribution is -0.142. The lowest BCUT2D eigenvalue weighted by Gasteiger charge is -2.13. The maximum Gasteiger partial charge on any atom is 0.437 e. The van der Waals surface area contributed by atoms with Gasteiger partial charge in [0.25, 0.3) is 11.8 Å². The second-order valence-electron chi connectivity index (χ2n) is 8.97. The van der Waals surface area contributed by atoms with Gasteiger partial charge >= 0.3 is 6.18 Å². The molecule has 0 aliphatic carbocycles. The van der Waals surface area contributed by atoms with Crippen molar-refractivity contribution in [1.29, 1.82) is 0 Å². The van der Waals surface area contributed by atoms with Crippen LogP contribution in [-0.4, -0.2) is 57.1 Å². The van der Waals surface area contributed by atoms with E-state index in [0.29, 0.717) is 36.3 Å². The first-order valence-electron chi connectivity index (χ1n) is 12.6. The molecule has 1 aliphatic heterocycles. The van der Waals surface area contributed by atoms with Crippen molar-refractivity contribution in [2.45, 2.75) is 38.5 Å². The van der Waals surface area contributed by atoms with Crippen LogP contribution >= 0.6 is 0 Å². The second-order valence-corrected chi connectivity index (χ2v) is 8.97. The topological polar surface area (TPSA) is 133 Å². The maximum absolute atomic E-state index is 13.3. The van der Waals surface area contributed by atoms with Crippen LogP contribution in [-0.2, 0) is 22.1 Å². The number of halogens is 3. The van der Waals surface area contributed by atoms with Crippen molar-refractivity contribution in [2.75, 3.05) is 19.7 Å². The van der Waals surface area contributed by atoms with Crippen molar-refractivity contribution in [3.8, 4) is 22.9 Å². The third kappa shape index (κ3) is 5.61. The van der Waals surface area contributed by atoms with Gasteiger partial charge in [-0.2, -0.15) is 13.2 Å². The number of imidazole rings is 1. The normalized spacial score (nSPS) is 15.3. The fraction of sp³-hybridized carbons (Fsp3) is 0.346. The number of fused-ring (bicyclic) bond motifs is 1. The molecule has 0 unspecified atom stereocenters. The average molecular weight is 559 g/mol. The van der Waals surface area contributed by atoms with Crippen LogP contribution in [0.15, 0.2) is 47.6 Å². The van der Waals surface area contributed by atoms with Crippen molar-refractivity contribution < 1.29 is 36.8 Å². The summed E-state index contributed by atoms with van der Waals surface area (Å²) in [5, 5.41) is 8.63. The smallest absolute Gasteiger partial charge is 0.436 e. The highest BCUT2D eigenvalue weighted by Crippen LogP contribution is 2.37. The summed E-state index contributed by atoms with van der Waals surface area (Å²) in [6.07, 6.45) is 1.91. The molecule has 2 amide bonds. The Bertz CT molecular complexity index is 1530. The molecule has 210 valence electrons. The van der Waals surface area contributed by atoms with Crippen molar-refractivity contribution >= 4 is 17.5 Å². The van der Waals surface area contributed by atoms with Crippen LogP contribution in [0.5, 0.6) is 11.6 Å². The van der Waals surface area contributed by atoms with E-state index in [-0.39, 0.29) is 47.7 Å². The highest BCUT2D eigenvalue weighted by Gasteiger charge is 2.38. The van der Waals surface area contributed by atoms with E-state index in [9.17, 15) is 22.8 Å². The largest absolute Gasteiger partial charge is 0.437 e.